The summed E-state index contributed by atoms with van der Waals surface area (Å²) < 4.78 is 52.5. The van der Waals surface area contributed by atoms with E-state index in [-0.39, 0.29) is 29.3 Å². The third-order valence-corrected chi connectivity index (χ3v) is 5.04. The lowest BCUT2D eigenvalue weighted by molar-refractivity contribution is -0.274. The Morgan fingerprint density at radius 1 is 1.06 bits per heavy atom. The minimum atomic E-state index is -4.73. The number of benzene rings is 1. The molecule has 2 aromatic rings. The van der Waals surface area contributed by atoms with Gasteiger partial charge >= 0.3 is 18.5 Å². The predicted molar refractivity (Wildman–Crippen MR) is 108 cm³/mol. The number of aromatic nitrogens is 3. The van der Waals surface area contributed by atoms with Crippen molar-refractivity contribution >= 4 is 12.1 Å². The standard InChI is InChI=1S/C21H24F3N3O7/c1-12(2)30-20(29)34-33-19(28)17-18(25-26-27(17)3)31-15-8-4-13(5-9-15)14-6-10-16(11-7-14)32-21(22,23)24/h6-7,10-13,15H,4-5,8-9H2,1-3H3. The van der Waals surface area contributed by atoms with Gasteiger partial charge < -0.3 is 14.2 Å². The average molecular weight is 487 g/mol. The Hall–Kier alpha value is -3.51. The smallest absolute Gasteiger partial charge is 0.472 e. The molecule has 1 saturated carbocycles. The number of aryl methyl sites for hydroxylation is 1. The van der Waals surface area contributed by atoms with E-state index in [0.717, 1.165) is 10.2 Å². The van der Waals surface area contributed by atoms with E-state index in [9.17, 15) is 22.8 Å². The van der Waals surface area contributed by atoms with E-state index in [1.165, 1.54) is 19.2 Å². The lowest BCUT2D eigenvalue weighted by Gasteiger charge is -2.28. The minimum Gasteiger partial charge on any atom is -0.472 e. The van der Waals surface area contributed by atoms with Crippen molar-refractivity contribution in [3.05, 3.63) is 35.5 Å². The fourth-order valence-corrected chi connectivity index (χ4v) is 3.57. The molecule has 1 aliphatic carbocycles. The normalized spacial score (nSPS) is 18.3. The zero-order chi connectivity index (χ0) is 24.9. The molecule has 0 amide bonds. The molecule has 3 rings (SSSR count). The summed E-state index contributed by atoms with van der Waals surface area (Å²) in [5.41, 5.74) is 0.766. The second-order valence-corrected chi connectivity index (χ2v) is 7.95. The Kier molecular flexibility index (Phi) is 7.84. The summed E-state index contributed by atoms with van der Waals surface area (Å²) in [5, 5.41) is 7.59. The van der Waals surface area contributed by atoms with Crippen LogP contribution in [0, 0.1) is 0 Å². The molecule has 1 aromatic carbocycles. The van der Waals surface area contributed by atoms with Crippen LogP contribution in [0.25, 0.3) is 0 Å². The van der Waals surface area contributed by atoms with E-state index in [2.05, 4.69) is 24.8 Å². The van der Waals surface area contributed by atoms with Gasteiger partial charge in [-0.1, -0.05) is 22.4 Å². The summed E-state index contributed by atoms with van der Waals surface area (Å²) in [4.78, 5) is 32.5. The van der Waals surface area contributed by atoms with Gasteiger partial charge in [0.05, 0.1) is 6.10 Å². The second-order valence-electron chi connectivity index (χ2n) is 7.95. The quantitative estimate of drug-likeness (QED) is 0.331. The summed E-state index contributed by atoms with van der Waals surface area (Å²) >= 11 is 0. The van der Waals surface area contributed by atoms with Crippen LogP contribution >= 0.6 is 0 Å². The van der Waals surface area contributed by atoms with Crippen LogP contribution in [0.2, 0.25) is 0 Å². The van der Waals surface area contributed by atoms with Crippen molar-refractivity contribution in [2.24, 2.45) is 7.05 Å². The summed E-state index contributed by atoms with van der Waals surface area (Å²) in [7, 11) is 1.45. The van der Waals surface area contributed by atoms with Gasteiger partial charge in [-0.2, -0.15) is 4.79 Å². The van der Waals surface area contributed by atoms with Crippen LogP contribution in [0.5, 0.6) is 11.6 Å². The zero-order valence-corrected chi connectivity index (χ0v) is 18.7. The van der Waals surface area contributed by atoms with Crippen LogP contribution in [-0.4, -0.2) is 45.7 Å². The number of hydrogen-bond donors (Lipinski definition) is 0. The number of hydrogen-bond acceptors (Lipinski definition) is 9. The molecule has 1 aliphatic rings. The predicted octanol–water partition coefficient (Wildman–Crippen LogP) is 4.45. The molecule has 1 heterocycles. The van der Waals surface area contributed by atoms with Crippen molar-refractivity contribution in [2.75, 3.05) is 0 Å². The topological polar surface area (TPSA) is 111 Å². The third-order valence-electron chi connectivity index (χ3n) is 5.04. The highest BCUT2D eigenvalue weighted by Crippen LogP contribution is 2.36. The van der Waals surface area contributed by atoms with Gasteiger partial charge in [0.1, 0.15) is 11.9 Å². The Bertz CT molecular complexity index is 984. The molecular formula is C21H24F3N3O7. The molecule has 0 bridgehead atoms. The molecule has 0 radical (unpaired) electrons. The van der Waals surface area contributed by atoms with Crippen molar-refractivity contribution in [1.29, 1.82) is 0 Å². The summed E-state index contributed by atoms with van der Waals surface area (Å²) in [6, 6.07) is 5.83. The number of rotatable bonds is 6. The number of nitrogens with zero attached hydrogens (tertiary/aromatic N) is 3. The Labute approximate surface area is 192 Å². The fourth-order valence-electron chi connectivity index (χ4n) is 3.57. The molecule has 0 spiro atoms. The summed E-state index contributed by atoms with van der Waals surface area (Å²) in [6.07, 6.45) is -3.95. The van der Waals surface area contributed by atoms with Gasteiger partial charge in [0.25, 0.3) is 5.88 Å². The van der Waals surface area contributed by atoms with E-state index in [1.807, 2.05) is 0 Å². The maximum atomic E-state index is 12.3. The van der Waals surface area contributed by atoms with Gasteiger partial charge in [-0.05, 0) is 63.1 Å². The van der Waals surface area contributed by atoms with Crippen LogP contribution in [0.3, 0.4) is 0 Å². The minimum absolute atomic E-state index is 0.0644. The molecular weight excluding hydrogens is 463 g/mol. The SMILES string of the molecule is CC(C)OC(=O)OOC(=O)c1c(OC2CCC(c3ccc(OC(F)(F)F)cc3)CC2)nnn1C. The van der Waals surface area contributed by atoms with Gasteiger partial charge in [-0.25, -0.2) is 19.3 Å². The van der Waals surface area contributed by atoms with Gasteiger partial charge in [-0.15, -0.1) is 13.2 Å². The first-order chi connectivity index (χ1) is 16.0. The van der Waals surface area contributed by atoms with E-state index < -0.39 is 24.6 Å². The molecule has 186 valence electrons. The van der Waals surface area contributed by atoms with Crippen LogP contribution in [0.4, 0.5) is 18.0 Å². The number of carbonyl (C=O) groups excluding carboxylic acids is 2. The Morgan fingerprint density at radius 2 is 1.71 bits per heavy atom. The highest BCUT2D eigenvalue weighted by Gasteiger charge is 2.32. The van der Waals surface area contributed by atoms with E-state index in [0.29, 0.717) is 25.7 Å². The van der Waals surface area contributed by atoms with Crippen LogP contribution in [0.1, 0.15) is 61.5 Å². The number of halogens is 3. The molecule has 0 atom stereocenters. The number of alkyl halides is 3. The van der Waals surface area contributed by atoms with E-state index in [1.54, 1.807) is 26.0 Å². The Morgan fingerprint density at radius 3 is 2.29 bits per heavy atom. The molecule has 34 heavy (non-hydrogen) atoms. The van der Waals surface area contributed by atoms with Crippen molar-refractivity contribution in [1.82, 2.24) is 15.0 Å². The lowest BCUT2D eigenvalue weighted by atomic mass is 9.83. The van der Waals surface area contributed by atoms with E-state index >= 15 is 0 Å². The number of ether oxygens (including phenoxy) is 3. The first kappa shape index (κ1) is 25.1. The monoisotopic (exact) mass is 487 g/mol. The molecule has 1 aromatic heterocycles. The van der Waals surface area contributed by atoms with Crippen molar-refractivity contribution in [3.8, 4) is 11.6 Å². The van der Waals surface area contributed by atoms with Crippen LogP contribution < -0.4 is 9.47 Å². The van der Waals surface area contributed by atoms with Crippen molar-refractivity contribution < 1.29 is 46.7 Å². The third kappa shape index (κ3) is 6.99. The first-order valence-corrected chi connectivity index (χ1v) is 10.5. The maximum Gasteiger partial charge on any atom is 0.573 e. The highest BCUT2D eigenvalue weighted by atomic mass is 19.4. The molecule has 0 N–H and O–H groups in total. The van der Waals surface area contributed by atoms with Crippen LogP contribution in [-0.2, 0) is 21.6 Å². The van der Waals surface area contributed by atoms with E-state index in [4.69, 9.17) is 9.47 Å². The van der Waals surface area contributed by atoms with Gasteiger partial charge in [0.15, 0.2) is 0 Å². The average Bonchev–Trinajstić information content (AvgIpc) is 3.11. The van der Waals surface area contributed by atoms with Gasteiger partial charge in [0, 0.05) is 7.05 Å². The summed E-state index contributed by atoms with van der Waals surface area (Å²) in [6.45, 7) is 3.21. The Balaban J connectivity index is 1.53. The molecule has 0 aliphatic heterocycles. The molecule has 0 saturated heterocycles. The van der Waals surface area contributed by atoms with Crippen molar-refractivity contribution in [2.45, 2.75) is 64.0 Å². The van der Waals surface area contributed by atoms with Crippen LogP contribution in [0.15, 0.2) is 24.3 Å². The summed E-state index contributed by atoms with van der Waals surface area (Å²) in [5.74, 6) is -1.22. The maximum absolute atomic E-state index is 12.3. The van der Waals surface area contributed by atoms with Gasteiger partial charge in [-0.3, -0.25) is 0 Å². The number of carbonyl (C=O) groups is 2. The largest absolute Gasteiger partial charge is 0.573 e. The zero-order valence-electron chi connectivity index (χ0n) is 18.7. The van der Waals surface area contributed by atoms with Crippen molar-refractivity contribution in [3.63, 3.8) is 0 Å². The molecule has 10 nitrogen and oxygen atoms in total. The molecule has 1 fully saturated rings. The molecule has 0 unspecified atom stereocenters. The fraction of sp³-hybridized carbons (Fsp3) is 0.524. The first-order valence-electron chi connectivity index (χ1n) is 10.5. The molecule has 13 heteroatoms. The highest BCUT2D eigenvalue weighted by molar-refractivity contribution is 5.89. The second kappa shape index (κ2) is 10.6. The lowest BCUT2D eigenvalue weighted by Crippen LogP contribution is -2.25. The van der Waals surface area contributed by atoms with Gasteiger partial charge in [0.2, 0.25) is 5.69 Å².